The zero-order chi connectivity index (χ0) is 12.0. The zero-order valence-corrected chi connectivity index (χ0v) is 8.29. The molecule has 0 aliphatic rings. The van der Waals surface area contributed by atoms with Gasteiger partial charge in [-0.3, -0.25) is 19.3 Å². The lowest BCUT2D eigenvalue weighted by Crippen LogP contribution is -2.27. The second-order valence-corrected chi connectivity index (χ2v) is 3.00. The van der Waals surface area contributed by atoms with E-state index >= 15 is 0 Å². The number of carbonyl (C=O) groups excluding carboxylic acids is 3. The molecule has 0 spiro atoms. The SMILES string of the molecule is N#Cc1cccc(C(=O)CN(C=O)C=O)c1. The molecular formula is C11H8N2O3. The number of benzene rings is 1. The number of hydrogen-bond donors (Lipinski definition) is 0. The van der Waals surface area contributed by atoms with E-state index in [1.165, 1.54) is 12.1 Å². The molecule has 0 aromatic heterocycles. The van der Waals surface area contributed by atoms with E-state index in [4.69, 9.17) is 5.26 Å². The minimum atomic E-state index is -0.392. The maximum absolute atomic E-state index is 11.6. The molecule has 5 nitrogen and oxygen atoms in total. The third-order valence-corrected chi connectivity index (χ3v) is 1.91. The summed E-state index contributed by atoms with van der Waals surface area (Å²) >= 11 is 0. The van der Waals surface area contributed by atoms with Crippen molar-refractivity contribution in [3.63, 3.8) is 0 Å². The highest BCUT2D eigenvalue weighted by Gasteiger charge is 2.10. The van der Waals surface area contributed by atoms with Crippen molar-refractivity contribution in [1.29, 1.82) is 5.26 Å². The number of carbonyl (C=O) groups is 3. The number of nitriles is 1. The van der Waals surface area contributed by atoms with E-state index in [9.17, 15) is 14.4 Å². The molecule has 0 atom stereocenters. The predicted octanol–water partition coefficient (Wildman–Crippen LogP) is 0.356. The van der Waals surface area contributed by atoms with E-state index in [0.29, 0.717) is 16.0 Å². The Morgan fingerprint density at radius 2 is 2.06 bits per heavy atom. The van der Waals surface area contributed by atoms with Gasteiger partial charge in [0.15, 0.2) is 5.78 Å². The Morgan fingerprint density at radius 3 is 2.62 bits per heavy atom. The summed E-state index contributed by atoms with van der Waals surface area (Å²) in [5, 5.41) is 8.63. The van der Waals surface area contributed by atoms with Crippen LogP contribution >= 0.6 is 0 Å². The third kappa shape index (κ3) is 2.75. The first kappa shape index (κ1) is 11.6. The van der Waals surface area contributed by atoms with Crippen molar-refractivity contribution in [3.8, 4) is 6.07 Å². The Labute approximate surface area is 91.9 Å². The van der Waals surface area contributed by atoms with Crippen LogP contribution < -0.4 is 0 Å². The lowest BCUT2D eigenvalue weighted by Gasteiger charge is -2.07. The highest BCUT2D eigenvalue weighted by molar-refractivity contribution is 5.99. The van der Waals surface area contributed by atoms with Crippen molar-refractivity contribution in [1.82, 2.24) is 4.90 Å². The first-order valence-electron chi connectivity index (χ1n) is 4.41. The maximum atomic E-state index is 11.6. The van der Waals surface area contributed by atoms with Crippen LogP contribution in [-0.4, -0.2) is 30.0 Å². The van der Waals surface area contributed by atoms with Crippen LogP contribution in [0.3, 0.4) is 0 Å². The fraction of sp³-hybridized carbons (Fsp3) is 0.0909. The van der Waals surface area contributed by atoms with Gasteiger partial charge in [0, 0.05) is 5.56 Å². The third-order valence-electron chi connectivity index (χ3n) is 1.91. The molecule has 80 valence electrons. The molecule has 0 bridgehead atoms. The number of nitrogens with zero attached hydrogens (tertiary/aromatic N) is 2. The van der Waals surface area contributed by atoms with Gasteiger partial charge >= 0.3 is 0 Å². The summed E-state index contributed by atoms with van der Waals surface area (Å²) in [5.74, 6) is -0.392. The molecule has 0 N–H and O–H groups in total. The van der Waals surface area contributed by atoms with Gasteiger partial charge in [-0.1, -0.05) is 12.1 Å². The molecule has 16 heavy (non-hydrogen) atoms. The van der Waals surface area contributed by atoms with Crippen molar-refractivity contribution in [2.75, 3.05) is 6.54 Å². The molecule has 0 saturated carbocycles. The molecule has 0 heterocycles. The minimum Gasteiger partial charge on any atom is -0.292 e. The number of hydrogen-bond acceptors (Lipinski definition) is 4. The smallest absolute Gasteiger partial charge is 0.216 e. The molecule has 0 saturated heterocycles. The quantitative estimate of drug-likeness (QED) is 0.525. The molecule has 1 aromatic rings. The molecule has 0 aliphatic carbocycles. The van der Waals surface area contributed by atoms with E-state index < -0.39 is 5.78 Å². The number of imide groups is 1. The van der Waals surface area contributed by atoms with Gasteiger partial charge in [0.25, 0.3) is 0 Å². The van der Waals surface area contributed by atoms with Crippen molar-refractivity contribution in [2.45, 2.75) is 0 Å². The highest BCUT2D eigenvalue weighted by Crippen LogP contribution is 2.05. The van der Waals surface area contributed by atoms with Crippen LogP contribution in [0.4, 0.5) is 0 Å². The summed E-state index contributed by atoms with van der Waals surface area (Å²) in [4.78, 5) is 32.9. The van der Waals surface area contributed by atoms with Gasteiger partial charge < -0.3 is 0 Å². The van der Waals surface area contributed by atoms with Crippen molar-refractivity contribution in [2.24, 2.45) is 0 Å². The molecule has 5 heteroatoms. The van der Waals surface area contributed by atoms with Gasteiger partial charge in [-0.15, -0.1) is 0 Å². The minimum absolute atomic E-state index is 0.277. The fourth-order valence-electron chi connectivity index (χ4n) is 1.12. The number of amides is 2. The van der Waals surface area contributed by atoms with E-state index in [1.807, 2.05) is 6.07 Å². The largest absolute Gasteiger partial charge is 0.292 e. The molecule has 1 rings (SSSR count). The standard InChI is InChI=1S/C11H8N2O3/c12-5-9-2-1-3-10(4-9)11(16)6-13(7-14)8-15/h1-4,7-8H,6H2. The Balaban J connectivity index is 2.84. The Bertz CT molecular complexity index is 455. The molecule has 0 fully saturated rings. The van der Waals surface area contributed by atoms with E-state index in [0.717, 1.165) is 0 Å². The number of rotatable bonds is 5. The number of Topliss-reactive ketones (excluding diaryl/α,β-unsaturated/α-hetero) is 1. The van der Waals surface area contributed by atoms with Crippen LogP contribution in [0.2, 0.25) is 0 Å². The van der Waals surface area contributed by atoms with Crippen molar-refractivity contribution < 1.29 is 14.4 Å². The van der Waals surface area contributed by atoms with E-state index in [2.05, 4.69) is 0 Å². The highest BCUT2D eigenvalue weighted by atomic mass is 16.2. The molecule has 0 radical (unpaired) electrons. The first-order valence-corrected chi connectivity index (χ1v) is 4.41. The average Bonchev–Trinajstić information content (AvgIpc) is 2.35. The van der Waals surface area contributed by atoms with Crippen LogP contribution in [0, 0.1) is 11.3 Å². The van der Waals surface area contributed by atoms with Crippen molar-refractivity contribution in [3.05, 3.63) is 35.4 Å². The van der Waals surface area contributed by atoms with Gasteiger partial charge in [-0.05, 0) is 12.1 Å². The fourth-order valence-corrected chi connectivity index (χ4v) is 1.12. The summed E-state index contributed by atoms with van der Waals surface area (Å²) < 4.78 is 0. The summed E-state index contributed by atoms with van der Waals surface area (Å²) in [7, 11) is 0. The topological polar surface area (TPSA) is 78.2 Å². The monoisotopic (exact) mass is 216 g/mol. The first-order chi connectivity index (χ1) is 7.71. The average molecular weight is 216 g/mol. The Kier molecular flexibility index (Phi) is 3.92. The number of ketones is 1. The van der Waals surface area contributed by atoms with Gasteiger partial charge in [0.1, 0.15) is 0 Å². The molecule has 1 aromatic carbocycles. The Hall–Kier alpha value is -2.48. The molecule has 0 unspecified atom stereocenters. The summed E-state index contributed by atoms with van der Waals surface area (Å²) in [6.45, 7) is -0.318. The van der Waals surface area contributed by atoms with E-state index in [1.54, 1.807) is 12.1 Å². The maximum Gasteiger partial charge on any atom is 0.216 e. The van der Waals surface area contributed by atoms with Gasteiger partial charge in [-0.2, -0.15) is 5.26 Å². The van der Waals surface area contributed by atoms with Crippen molar-refractivity contribution >= 4 is 18.6 Å². The molecule has 0 aliphatic heterocycles. The predicted molar refractivity (Wildman–Crippen MR) is 54.3 cm³/mol. The van der Waals surface area contributed by atoms with Gasteiger partial charge in [0.05, 0.1) is 18.2 Å². The van der Waals surface area contributed by atoms with Gasteiger partial charge in [0.2, 0.25) is 12.8 Å². The summed E-state index contributed by atoms with van der Waals surface area (Å²) in [6, 6.07) is 7.97. The second kappa shape index (κ2) is 5.41. The van der Waals surface area contributed by atoms with Crippen LogP contribution in [0.15, 0.2) is 24.3 Å². The summed E-state index contributed by atoms with van der Waals surface area (Å²) in [6.07, 6.45) is 0.554. The zero-order valence-electron chi connectivity index (χ0n) is 8.29. The van der Waals surface area contributed by atoms with Crippen LogP contribution in [-0.2, 0) is 9.59 Å². The van der Waals surface area contributed by atoms with E-state index in [-0.39, 0.29) is 19.4 Å². The molecule has 2 amide bonds. The van der Waals surface area contributed by atoms with Crippen LogP contribution in [0.5, 0.6) is 0 Å². The molecular weight excluding hydrogens is 208 g/mol. The van der Waals surface area contributed by atoms with Gasteiger partial charge in [-0.25, -0.2) is 0 Å². The lowest BCUT2D eigenvalue weighted by molar-refractivity contribution is -0.128. The normalized spacial score (nSPS) is 8.94. The van der Waals surface area contributed by atoms with Crippen LogP contribution in [0.1, 0.15) is 15.9 Å². The lowest BCUT2D eigenvalue weighted by atomic mass is 10.1. The summed E-state index contributed by atoms with van der Waals surface area (Å²) in [5.41, 5.74) is 0.655. The second-order valence-electron chi connectivity index (χ2n) is 3.00. The van der Waals surface area contributed by atoms with Crippen LogP contribution in [0.25, 0.3) is 0 Å². The Morgan fingerprint density at radius 1 is 1.38 bits per heavy atom.